The Labute approximate surface area is 136 Å². The number of nitrogens with one attached hydrogen (secondary N) is 1. The number of aromatic nitrogens is 2. The fourth-order valence-electron chi connectivity index (χ4n) is 2.84. The maximum atomic E-state index is 13.0. The highest BCUT2D eigenvalue weighted by molar-refractivity contribution is 5.96. The van der Waals surface area contributed by atoms with Gasteiger partial charge in [0.2, 0.25) is 5.95 Å². The predicted molar refractivity (Wildman–Crippen MR) is 81.2 cm³/mol. The normalized spacial score (nSPS) is 17.2. The van der Waals surface area contributed by atoms with Crippen LogP contribution < -0.4 is 11.1 Å². The zero-order valence-electron chi connectivity index (χ0n) is 12.6. The molecule has 0 bridgehead atoms. The Morgan fingerprint density at radius 2 is 2.04 bits per heavy atom. The fourth-order valence-corrected chi connectivity index (χ4v) is 2.84. The van der Waals surface area contributed by atoms with E-state index in [0.717, 1.165) is 17.3 Å². The summed E-state index contributed by atoms with van der Waals surface area (Å²) in [6.45, 7) is 0. The SMILES string of the molecule is Nc1ncc2c(n1)CCC(NC(=O)c1ccccc1C(F)(F)F)C2. The smallest absolute Gasteiger partial charge is 0.368 e. The Morgan fingerprint density at radius 1 is 1.29 bits per heavy atom. The number of halogens is 3. The molecule has 24 heavy (non-hydrogen) atoms. The molecule has 1 unspecified atom stereocenters. The average molecular weight is 336 g/mol. The lowest BCUT2D eigenvalue weighted by Crippen LogP contribution is -2.39. The molecule has 0 saturated carbocycles. The third-order valence-electron chi connectivity index (χ3n) is 3.98. The second-order valence-corrected chi connectivity index (χ2v) is 5.66. The number of rotatable bonds is 2. The van der Waals surface area contributed by atoms with Gasteiger partial charge in [0.15, 0.2) is 0 Å². The number of hydrogen-bond donors (Lipinski definition) is 2. The number of hydrogen-bond acceptors (Lipinski definition) is 4. The summed E-state index contributed by atoms with van der Waals surface area (Å²) in [4.78, 5) is 20.3. The van der Waals surface area contributed by atoms with Crippen LogP contribution in [-0.4, -0.2) is 21.9 Å². The number of nitrogens with zero attached hydrogens (tertiary/aromatic N) is 2. The van der Waals surface area contributed by atoms with Crippen LogP contribution in [0.15, 0.2) is 30.5 Å². The van der Waals surface area contributed by atoms with Crippen molar-refractivity contribution in [3.63, 3.8) is 0 Å². The summed E-state index contributed by atoms with van der Waals surface area (Å²) in [5.41, 5.74) is 5.90. The number of alkyl halides is 3. The Bertz CT molecular complexity index is 776. The number of nitrogen functional groups attached to an aromatic ring is 1. The molecular formula is C16H15F3N4O. The summed E-state index contributed by atoms with van der Waals surface area (Å²) in [7, 11) is 0. The van der Waals surface area contributed by atoms with Crippen molar-refractivity contribution in [2.24, 2.45) is 0 Å². The first-order valence-corrected chi connectivity index (χ1v) is 7.42. The zero-order valence-corrected chi connectivity index (χ0v) is 12.6. The molecule has 8 heteroatoms. The molecule has 1 aromatic heterocycles. The van der Waals surface area contributed by atoms with E-state index < -0.39 is 17.6 Å². The van der Waals surface area contributed by atoms with Crippen LogP contribution >= 0.6 is 0 Å². The summed E-state index contributed by atoms with van der Waals surface area (Å²) < 4.78 is 39.0. The van der Waals surface area contributed by atoms with Gasteiger partial charge in [0.1, 0.15) is 0 Å². The van der Waals surface area contributed by atoms with Crippen molar-refractivity contribution in [3.8, 4) is 0 Å². The Kier molecular flexibility index (Phi) is 4.13. The van der Waals surface area contributed by atoms with Crippen LogP contribution in [0.4, 0.5) is 19.1 Å². The number of anilines is 1. The van der Waals surface area contributed by atoms with Gasteiger partial charge in [-0.2, -0.15) is 13.2 Å². The van der Waals surface area contributed by atoms with E-state index in [9.17, 15) is 18.0 Å². The molecule has 0 radical (unpaired) electrons. The zero-order chi connectivity index (χ0) is 17.3. The van der Waals surface area contributed by atoms with Crippen LogP contribution in [0, 0.1) is 0 Å². The minimum Gasteiger partial charge on any atom is -0.368 e. The van der Waals surface area contributed by atoms with Crippen molar-refractivity contribution >= 4 is 11.9 Å². The molecule has 0 spiro atoms. The largest absolute Gasteiger partial charge is 0.417 e. The molecule has 1 amide bonds. The number of aryl methyl sites for hydroxylation is 1. The molecular weight excluding hydrogens is 321 g/mol. The third-order valence-corrected chi connectivity index (χ3v) is 3.98. The Balaban J connectivity index is 1.76. The molecule has 3 N–H and O–H groups in total. The quantitative estimate of drug-likeness (QED) is 0.882. The van der Waals surface area contributed by atoms with Crippen molar-refractivity contribution in [3.05, 3.63) is 52.8 Å². The third kappa shape index (κ3) is 3.32. The number of benzene rings is 1. The van der Waals surface area contributed by atoms with Gasteiger partial charge in [-0.3, -0.25) is 4.79 Å². The highest BCUT2D eigenvalue weighted by atomic mass is 19.4. The molecule has 5 nitrogen and oxygen atoms in total. The van der Waals surface area contributed by atoms with Crippen molar-refractivity contribution in [2.45, 2.75) is 31.5 Å². The molecule has 3 rings (SSSR count). The van der Waals surface area contributed by atoms with E-state index >= 15 is 0 Å². The molecule has 2 aromatic rings. The summed E-state index contributed by atoms with van der Waals surface area (Å²) in [5.74, 6) is -0.539. The topological polar surface area (TPSA) is 80.9 Å². The van der Waals surface area contributed by atoms with Gasteiger partial charge in [0.05, 0.1) is 11.1 Å². The lowest BCUT2D eigenvalue weighted by atomic mass is 9.92. The first-order chi connectivity index (χ1) is 11.3. The van der Waals surface area contributed by atoms with E-state index in [1.54, 1.807) is 6.20 Å². The maximum Gasteiger partial charge on any atom is 0.417 e. The standard InChI is InChI=1S/C16H15F3N4O/c17-16(18,19)12-4-2-1-3-11(12)14(24)22-10-5-6-13-9(7-10)8-21-15(20)23-13/h1-4,8,10H,5-7H2,(H,22,24)(H2,20,21,23). The van der Waals surface area contributed by atoms with Gasteiger partial charge in [0, 0.05) is 17.9 Å². The van der Waals surface area contributed by atoms with E-state index in [1.807, 2.05) is 0 Å². The number of carbonyl (C=O) groups excluding carboxylic acids is 1. The average Bonchev–Trinajstić information content (AvgIpc) is 2.54. The van der Waals surface area contributed by atoms with Crippen LogP contribution in [-0.2, 0) is 19.0 Å². The second-order valence-electron chi connectivity index (χ2n) is 5.66. The van der Waals surface area contributed by atoms with Gasteiger partial charge in [-0.15, -0.1) is 0 Å². The van der Waals surface area contributed by atoms with E-state index in [0.29, 0.717) is 19.3 Å². The van der Waals surface area contributed by atoms with Gasteiger partial charge in [-0.25, -0.2) is 9.97 Å². The number of nitrogens with two attached hydrogens (primary N) is 1. The van der Waals surface area contributed by atoms with Crippen LogP contribution in [0.2, 0.25) is 0 Å². The van der Waals surface area contributed by atoms with Gasteiger partial charge in [-0.1, -0.05) is 12.1 Å². The Hall–Kier alpha value is -2.64. The summed E-state index contributed by atoms with van der Waals surface area (Å²) >= 11 is 0. The van der Waals surface area contributed by atoms with Crippen LogP contribution in [0.1, 0.15) is 33.6 Å². The Morgan fingerprint density at radius 3 is 2.79 bits per heavy atom. The van der Waals surface area contributed by atoms with Crippen LogP contribution in [0.5, 0.6) is 0 Å². The molecule has 0 fully saturated rings. The molecule has 1 aliphatic rings. The van der Waals surface area contributed by atoms with Crippen LogP contribution in [0.25, 0.3) is 0 Å². The minimum atomic E-state index is -4.57. The molecule has 1 heterocycles. The first-order valence-electron chi connectivity index (χ1n) is 7.42. The number of fused-ring (bicyclic) bond motifs is 1. The molecule has 1 aromatic carbocycles. The lowest BCUT2D eigenvalue weighted by molar-refractivity contribution is -0.137. The monoisotopic (exact) mass is 336 g/mol. The van der Waals surface area contributed by atoms with Crippen molar-refractivity contribution in [2.75, 3.05) is 5.73 Å². The van der Waals surface area contributed by atoms with Gasteiger partial charge in [-0.05, 0) is 37.0 Å². The maximum absolute atomic E-state index is 13.0. The van der Waals surface area contributed by atoms with Gasteiger partial charge >= 0.3 is 6.18 Å². The predicted octanol–water partition coefficient (Wildman–Crippen LogP) is 2.36. The molecule has 0 saturated heterocycles. The first kappa shape index (κ1) is 16.2. The molecule has 1 aliphatic carbocycles. The lowest BCUT2D eigenvalue weighted by Gasteiger charge is -2.25. The van der Waals surface area contributed by atoms with E-state index in [-0.39, 0.29) is 17.6 Å². The van der Waals surface area contributed by atoms with Gasteiger partial charge < -0.3 is 11.1 Å². The molecule has 126 valence electrons. The van der Waals surface area contributed by atoms with E-state index in [1.165, 1.54) is 18.2 Å². The van der Waals surface area contributed by atoms with Crippen molar-refractivity contribution in [1.82, 2.24) is 15.3 Å². The second kappa shape index (κ2) is 6.10. The summed E-state index contributed by atoms with van der Waals surface area (Å²) in [5, 5.41) is 2.68. The molecule has 1 atom stereocenters. The highest BCUT2D eigenvalue weighted by Crippen LogP contribution is 2.32. The van der Waals surface area contributed by atoms with Crippen molar-refractivity contribution in [1.29, 1.82) is 0 Å². The fraction of sp³-hybridized carbons (Fsp3) is 0.312. The highest BCUT2D eigenvalue weighted by Gasteiger charge is 2.35. The van der Waals surface area contributed by atoms with Crippen molar-refractivity contribution < 1.29 is 18.0 Å². The number of carbonyl (C=O) groups is 1. The molecule has 0 aliphatic heterocycles. The van der Waals surface area contributed by atoms with Gasteiger partial charge in [0.25, 0.3) is 5.91 Å². The van der Waals surface area contributed by atoms with E-state index in [4.69, 9.17) is 5.73 Å². The minimum absolute atomic E-state index is 0.190. The summed E-state index contributed by atoms with van der Waals surface area (Å²) in [6, 6.07) is 4.49. The van der Waals surface area contributed by atoms with Crippen LogP contribution in [0.3, 0.4) is 0 Å². The number of amides is 1. The summed E-state index contributed by atoms with van der Waals surface area (Å²) in [6.07, 6.45) is -1.33. The van der Waals surface area contributed by atoms with E-state index in [2.05, 4.69) is 15.3 Å².